The topological polar surface area (TPSA) is 78.9 Å². The van der Waals surface area contributed by atoms with Gasteiger partial charge in [-0.05, 0) is 6.92 Å². The number of hydrogen-bond donors (Lipinski definition) is 2. The van der Waals surface area contributed by atoms with Crippen LogP contribution in [0.1, 0.15) is 13.3 Å². The monoisotopic (exact) mass is 201 g/mol. The maximum Gasteiger partial charge on any atom is 0.230 e. The molecule has 1 atom stereocenters. The number of nitriles is 1. The number of hydrogen-bond acceptors (Lipinski definition) is 4. The maximum absolute atomic E-state index is 11.0. The summed E-state index contributed by atoms with van der Waals surface area (Å²) < 4.78 is 0. The highest BCUT2D eigenvalue weighted by Crippen LogP contribution is 2.00. The van der Waals surface area contributed by atoms with E-state index in [1.165, 1.54) is 11.8 Å². The highest BCUT2D eigenvalue weighted by molar-refractivity contribution is 7.99. The number of thioether (sulfide) groups is 1. The molecule has 0 spiro atoms. The van der Waals surface area contributed by atoms with Gasteiger partial charge in [0.25, 0.3) is 0 Å². The van der Waals surface area contributed by atoms with Crippen molar-refractivity contribution in [3.63, 3.8) is 0 Å². The molecule has 13 heavy (non-hydrogen) atoms. The van der Waals surface area contributed by atoms with E-state index in [1.807, 2.05) is 13.0 Å². The lowest BCUT2D eigenvalue weighted by atomic mass is 10.4. The number of nitrogens with zero attached hydrogens (tertiary/aromatic N) is 1. The number of nitrogens with one attached hydrogen (secondary N) is 1. The fourth-order valence-corrected chi connectivity index (χ4v) is 1.42. The molecule has 0 aliphatic rings. The van der Waals surface area contributed by atoms with E-state index < -0.39 is 0 Å². The summed E-state index contributed by atoms with van der Waals surface area (Å²) in [6.45, 7) is 2.34. The first-order chi connectivity index (χ1) is 6.16. The molecule has 0 rings (SSSR count). The number of rotatable bonds is 6. The Kier molecular flexibility index (Phi) is 7.45. The van der Waals surface area contributed by atoms with Gasteiger partial charge in [0.2, 0.25) is 5.91 Å². The van der Waals surface area contributed by atoms with E-state index in [2.05, 4.69) is 5.32 Å². The van der Waals surface area contributed by atoms with Crippen LogP contribution in [0.25, 0.3) is 0 Å². The lowest BCUT2D eigenvalue weighted by Gasteiger charge is -2.04. The Balaban J connectivity index is 3.26. The largest absolute Gasteiger partial charge is 0.354 e. The zero-order valence-electron chi connectivity index (χ0n) is 7.75. The first-order valence-corrected chi connectivity index (χ1v) is 5.29. The van der Waals surface area contributed by atoms with Crippen molar-refractivity contribution in [2.24, 2.45) is 5.73 Å². The Morgan fingerprint density at radius 1 is 1.77 bits per heavy atom. The van der Waals surface area contributed by atoms with Crippen molar-refractivity contribution in [1.82, 2.24) is 5.32 Å². The molecule has 0 aromatic carbocycles. The van der Waals surface area contributed by atoms with Crippen molar-refractivity contribution in [3.05, 3.63) is 0 Å². The second kappa shape index (κ2) is 7.90. The molecule has 0 heterocycles. The van der Waals surface area contributed by atoms with Crippen LogP contribution in [0.4, 0.5) is 0 Å². The van der Waals surface area contributed by atoms with Gasteiger partial charge < -0.3 is 11.1 Å². The molecule has 0 aromatic rings. The third-order valence-corrected chi connectivity index (χ3v) is 2.40. The Hall–Kier alpha value is -0.730. The standard InChI is InChI=1S/C8H15N3OS/c1-7(10)5-13-6-8(12)11-4-2-3-9/h7H,2,4-6,10H2,1H3,(H,11,12). The van der Waals surface area contributed by atoms with E-state index in [0.29, 0.717) is 18.7 Å². The van der Waals surface area contributed by atoms with Crippen LogP contribution in [0, 0.1) is 11.3 Å². The average Bonchev–Trinajstić information content (AvgIpc) is 2.04. The molecule has 0 saturated carbocycles. The van der Waals surface area contributed by atoms with Crippen molar-refractivity contribution >= 4 is 17.7 Å². The minimum absolute atomic E-state index is 0.0269. The van der Waals surface area contributed by atoms with Gasteiger partial charge >= 0.3 is 0 Å². The first-order valence-electron chi connectivity index (χ1n) is 4.13. The first kappa shape index (κ1) is 12.3. The predicted octanol–water partition coefficient (Wildman–Crippen LogP) is 0.0967. The van der Waals surface area contributed by atoms with Gasteiger partial charge in [-0.1, -0.05) is 0 Å². The van der Waals surface area contributed by atoms with Crippen molar-refractivity contribution < 1.29 is 4.79 Å². The van der Waals surface area contributed by atoms with Crippen LogP contribution in [0.5, 0.6) is 0 Å². The minimum atomic E-state index is -0.0269. The summed E-state index contributed by atoms with van der Waals surface area (Å²) in [6.07, 6.45) is 0.365. The maximum atomic E-state index is 11.0. The zero-order valence-corrected chi connectivity index (χ0v) is 8.56. The summed E-state index contributed by atoms with van der Waals surface area (Å²) in [5.74, 6) is 1.18. The molecule has 0 aliphatic carbocycles. The molecule has 4 nitrogen and oxygen atoms in total. The SMILES string of the molecule is CC(N)CSCC(=O)NCCC#N. The van der Waals surface area contributed by atoms with Gasteiger partial charge in [0, 0.05) is 18.3 Å². The van der Waals surface area contributed by atoms with E-state index in [0.717, 1.165) is 5.75 Å². The lowest BCUT2D eigenvalue weighted by molar-refractivity contribution is -0.118. The number of nitrogens with two attached hydrogens (primary N) is 1. The summed E-state index contributed by atoms with van der Waals surface area (Å²) in [4.78, 5) is 11.0. The third kappa shape index (κ3) is 9.18. The molecule has 0 aliphatic heterocycles. The third-order valence-electron chi connectivity index (χ3n) is 1.17. The summed E-state index contributed by atoms with van der Waals surface area (Å²) in [5, 5.41) is 10.8. The van der Waals surface area contributed by atoms with Gasteiger partial charge in [-0.15, -0.1) is 0 Å². The summed E-state index contributed by atoms with van der Waals surface area (Å²) in [7, 11) is 0. The predicted molar refractivity (Wildman–Crippen MR) is 54.2 cm³/mol. The highest BCUT2D eigenvalue weighted by atomic mass is 32.2. The highest BCUT2D eigenvalue weighted by Gasteiger charge is 2.01. The van der Waals surface area contributed by atoms with Crippen molar-refractivity contribution in [1.29, 1.82) is 5.26 Å². The van der Waals surface area contributed by atoms with Crippen LogP contribution >= 0.6 is 11.8 Å². The lowest BCUT2D eigenvalue weighted by Crippen LogP contribution is -2.27. The Bertz CT molecular complexity index is 188. The van der Waals surface area contributed by atoms with Crippen LogP contribution < -0.4 is 11.1 Å². The average molecular weight is 201 g/mol. The summed E-state index contributed by atoms with van der Waals surface area (Å²) >= 11 is 1.51. The van der Waals surface area contributed by atoms with Crippen LogP contribution in [-0.2, 0) is 4.79 Å². The Labute approximate surface area is 82.9 Å². The molecule has 0 bridgehead atoms. The second-order valence-corrected chi connectivity index (χ2v) is 3.78. The van der Waals surface area contributed by atoms with Crippen LogP contribution in [0.3, 0.4) is 0 Å². The number of carbonyl (C=O) groups is 1. The van der Waals surface area contributed by atoms with Gasteiger partial charge in [0.05, 0.1) is 18.2 Å². The smallest absolute Gasteiger partial charge is 0.230 e. The van der Waals surface area contributed by atoms with Crippen molar-refractivity contribution in [3.8, 4) is 6.07 Å². The fourth-order valence-electron chi connectivity index (χ4n) is 0.646. The van der Waals surface area contributed by atoms with E-state index in [9.17, 15) is 4.79 Å². The van der Waals surface area contributed by atoms with E-state index in [1.54, 1.807) is 0 Å². The van der Waals surface area contributed by atoms with Crippen LogP contribution in [-0.4, -0.2) is 30.0 Å². The summed E-state index contributed by atoms with van der Waals surface area (Å²) in [5.41, 5.74) is 5.50. The van der Waals surface area contributed by atoms with Gasteiger partial charge in [0.15, 0.2) is 0 Å². The van der Waals surface area contributed by atoms with Gasteiger partial charge in [-0.3, -0.25) is 4.79 Å². The number of carbonyl (C=O) groups excluding carboxylic acids is 1. The Morgan fingerprint density at radius 2 is 2.46 bits per heavy atom. The van der Waals surface area contributed by atoms with Crippen molar-refractivity contribution in [2.45, 2.75) is 19.4 Å². The molecule has 3 N–H and O–H groups in total. The normalized spacial score (nSPS) is 11.8. The van der Waals surface area contributed by atoms with Crippen LogP contribution in [0.2, 0.25) is 0 Å². The molecule has 0 fully saturated rings. The van der Waals surface area contributed by atoms with E-state index in [4.69, 9.17) is 11.0 Å². The molecule has 5 heteroatoms. The van der Waals surface area contributed by atoms with Gasteiger partial charge in [0.1, 0.15) is 0 Å². The van der Waals surface area contributed by atoms with Gasteiger partial charge in [-0.25, -0.2) is 0 Å². The van der Waals surface area contributed by atoms with Gasteiger partial charge in [-0.2, -0.15) is 17.0 Å². The molecule has 0 radical (unpaired) electrons. The van der Waals surface area contributed by atoms with E-state index in [-0.39, 0.29) is 11.9 Å². The number of amides is 1. The van der Waals surface area contributed by atoms with Crippen LogP contribution in [0.15, 0.2) is 0 Å². The van der Waals surface area contributed by atoms with Crippen molar-refractivity contribution in [2.75, 3.05) is 18.1 Å². The quantitative estimate of drug-likeness (QED) is 0.597. The Morgan fingerprint density at radius 3 is 3.00 bits per heavy atom. The molecule has 1 unspecified atom stereocenters. The molecule has 74 valence electrons. The molecule has 0 saturated heterocycles. The van der Waals surface area contributed by atoms with E-state index >= 15 is 0 Å². The summed E-state index contributed by atoms with van der Waals surface area (Å²) in [6, 6.07) is 2.08. The second-order valence-electron chi connectivity index (χ2n) is 2.75. The molecular weight excluding hydrogens is 186 g/mol. The molecule has 0 aromatic heterocycles. The zero-order chi connectivity index (χ0) is 10.1. The molecular formula is C8H15N3OS. The molecule has 1 amide bonds. The fraction of sp³-hybridized carbons (Fsp3) is 0.750. The minimum Gasteiger partial charge on any atom is -0.354 e.